The van der Waals surface area contributed by atoms with E-state index in [2.05, 4.69) is 39.3 Å². The van der Waals surface area contributed by atoms with Crippen molar-refractivity contribution >= 4 is 22.6 Å². The highest BCUT2D eigenvalue weighted by molar-refractivity contribution is 14.1. The van der Waals surface area contributed by atoms with Gasteiger partial charge in [0.2, 0.25) is 0 Å². The van der Waals surface area contributed by atoms with Crippen molar-refractivity contribution in [1.82, 2.24) is 9.80 Å². The minimum absolute atomic E-state index is 0.989. The molecule has 0 aromatic carbocycles. The lowest BCUT2D eigenvalue weighted by molar-refractivity contribution is 0.271. The van der Waals surface area contributed by atoms with Gasteiger partial charge < -0.3 is 9.80 Å². The molecule has 0 radical (unpaired) electrons. The van der Waals surface area contributed by atoms with Crippen molar-refractivity contribution in [2.75, 3.05) is 43.7 Å². The van der Waals surface area contributed by atoms with E-state index in [1.807, 2.05) is 0 Å². The van der Waals surface area contributed by atoms with E-state index in [1.165, 1.54) is 43.7 Å². The lowest BCUT2D eigenvalue weighted by atomic mass is 10.0. The number of fused-ring (bicyclic) bond motifs is 1. The quantitative estimate of drug-likeness (QED) is 0.572. The van der Waals surface area contributed by atoms with Crippen LogP contribution in [-0.4, -0.2) is 53.5 Å². The van der Waals surface area contributed by atoms with Crippen molar-refractivity contribution in [2.45, 2.75) is 6.92 Å². The molecule has 3 heteroatoms. The molecule has 2 rings (SSSR count). The van der Waals surface area contributed by atoms with E-state index < -0.39 is 0 Å². The van der Waals surface area contributed by atoms with E-state index in [0.29, 0.717) is 0 Å². The summed E-state index contributed by atoms with van der Waals surface area (Å²) >= 11 is 2.48. The Morgan fingerprint density at radius 3 is 2.08 bits per heavy atom. The third-order valence-electron chi connectivity index (χ3n) is 3.49. The van der Waals surface area contributed by atoms with Crippen molar-refractivity contribution in [1.29, 1.82) is 0 Å². The topological polar surface area (TPSA) is 6.48 Å². The zero-order chi connectivity index (χ0) is 9.26. The molecule has 2 atom stereocenters. The maximum Gasteiger partial charge on any atom is 0.0123 e. The monoisotopic (exact) mass is 294 g/mol. The normalized spacial score (nSPS) is 35.5. The molecule has 0 spiro atoms. The molecule has 2 unspecified atom stereocenters. The van der Waals surface area contributed by atoms with Crippen LogP contribution in [0.5, 0.6) is 0 Å². The summed E-state index contributed by atoms with van der Waals surface area (Å²) in [4.78, 5) is 5.26. The lowest BCUT2D eigenvalue weighted by Gasteiger charge is -2.19. The Morgan fingerprint density at radius 1 is 1.08 bits per heavy atom. The maximum atomic E-state index is 2.65. The van der Waals surface area contributed by atoms with Crippen LogP contribution in [0.1, 0.15) is 6.92 Å². The zero-order valence-electron chi connectivity index (χ0n) is 8.38. The molecule has 0 saturated carbocycles. The first-order valence-corrected chi connectivity index (χ1v) is 6.86. The smallest absolute Gasteiger partial charge is 0.0123 e. The van der Waals surface area contributed by atoms with Gasteiger partial charge in [-0.15, -0.1) is 0 Å². The largest absolute Gasteiger partial charge is 0.303 e. The Balaban J connectivity index is 1.82. The van der Waals surface area contributed by atoms with E-state index in [0.717, 1.165) is 11.8 Å². The van der Waals surface area contributed by atoms with Gasteiger partial charge in [0.25, 0.3) is 0 Å². The van der Waals surface area contributed by atoms with Crippen LogP contribution in [-0.2, 0) is 0 Å². The van der Waals surface area contributed by atoms with Crippen molar-refractivity contribution < 1.29 is 0 Å². The summed E-state index contributed by atoms with van der Waals surface area (Å²) in [5.41, 5.74) is 0. The first-order chi connectivity index (χ1) is 6.33. The number of halogens is 1. The van der Waals surface area contributed by atoms with Gasteiger partial charge in [-0.05, 0) is 18.4 Å². The van der Waals surface area contributed by atoms with Gasteiger partial charge in [0, 0.05) is 37.2 Å². The Labute approximate surface area is 94.8 Å². The van der Waals surface area contributed by atoms with Gasteiger partial charge in [-0.1, -0.05) is 29.5 Å². The average molecular weight is 294 g/mol. The zero-order valence-corrected chi connectivity index (χ0v) is 10.5. The Kier molecular flexibility index (Phi) is 3.48. The molecular weight excluding hydrogens is 275 g/mol. The van der Waals surface area contributed by atoms with E-state index in [9.17, 15) is 0 Å². The molecule has 0 aromatic heterocycles. The third-order valence-corrected chi connectivity index (χ3v) is 3.97. The average Bonchev–Trinajstić information content (AvgIpc) is 2.61. The summed E-state index contributed by atoms with van der Waals surface area (Å²) in [6.45, 7) is 10.3. The first-order valence-electron chi connectivity index (χ1n) is 5.34. The van der Waals surface area contributed by atoms with Crippen molar-refractivity contribution in [3.63, 3.8) is 0 Å². The van der Waals surface area contributed by atoms with E-state index in [1.54, 1.807) is 0 Å². The molecule has 2 aliphatic rings. The highest BCUT2D eigenvalue weighted by atomic mass is 127. The number of alkyl halides is 1. The number of rotatable bonds is 3. The molecule has 2 aliphatic heterocycles. The summed E-state index contributed by atoms with van der Waals surface area (Å²) in [7, 11) is 0. The Hall–Kier alpha value is 0.650. The number of hydrogen-bond acceptors (Lipinski definition) is 2. The molecule has 2 heterocycles. The molecule has 76 valence electrons. The molecule has 2 saturated heterocycles. The highest BCUT2D eigenvalue weighted by Crippen LogP contribution is 2.30. The van der Waals surface area contributed by atoms with Crippen LogP contribution >= 0.6 is 22.6 Å². The van der Waals surface area contributed by atoms with Gasteiger partial charge >= 0.3 is 0 Å². The standard InChI is InChI=1S/C10H19IN2/c1-2-12-5-9-7-13(4-3-11)8-10(9)6-12/h9-10H,2-8H2,1H3. The maximum absolute atomic E-state index is 2.65. The summed E-state index contributed by atoms with van der Waals surface area (Å²) in [6, 6.07) is 0. The van der Waals surface area contributed by atoms with Crippen LogP contribution in [0, 0.1) is 11.8 Å². The first kappa shape index (κ1) is 10.2. The van der Waals surface area contributed by atoms with Crippen LogP contribution in [0.4, 0.5) is 0 Å². The lowest BCUT2D eigenvalue weighted by Crippen LogP contribution is -2.29. The molecule has 2 nitrogen and oxygen atoms in total. The van der Waals surface area contributed by atoms with E-state index in [4.69, 9.17) is 0 Å². The predicted molar refractivity (Wildman–Crippen MR) is 64.4 cm³/mol. The predicted octanol–water partition coefficient (Wildman–Crippen LogP) is 1.30. The van der Waals surface area contributed by atoms with Crippen molar-refractivity contribution in [2.24, 2.45) is 11.8 Å². The molecule has 2 fully saturated rings. The fourth-order valence-electron chi connectivity index (χ4n) is 2.75. The second-order valence-corrected chi connectivity index (χ2v) is 5.40. The number of nitrogens with zero attached hydrogens (tertiary/aromatic N) is 2. The SMILES string of the molecule is CCN1CC2CN(CCI)CC2C1. The van der Waals surface area contributed by atoms with E-state index in [-0.39, 0.29) is 0 Å². The summed E-state index contributed by atoms with van der Waals surface area (Å²) in [5, 5.41) is 0. The second kappa shape index (κ2) is 4.45. The van der Waals surface area contributed by atoms with Crippen molar-refractivity contribution in [3.05, 3.63) is 0 Å². The van der Waals surface area contributed by atoms with Crippen LogP contribution in [0.3, 0.4) is 0 Å². The minimum Gasteiger partial charge on any atom is -0.303 e. The van der Waals surface area contributed by atoms with Gasteiger partial charge in [0.1, 0.15) is 0 Å². The molecule has 0 aromatic rings. The van der Waals surface area contributed by atoms with Gasteiger partial charge in [0.05, 0.1) is 0 Å². The second-order valence-electron chi connectivity index (χ2n) is 4.32. The minimum atomic E-state index is 0.989. The summed E-state index contributed by atoms with van der Waals surface area (Å²) in [5.74, 6) is 1.98. The third kappa shape index (κ3) is 2.18. The van der Waals surface area contributed by atoms with Gasteiger partial charge in [-0.25, -0.2) is 0 Å². The van der Waals surface area contributed by atoms with Gasteiger partial charge in [-0.3, -0.25) is 0 Å². The fraction of sp³-hybridized carbons (Fsp3) is 1.00. The Morgan fingerprint density at radius 2 is 1.62 bits per heavy atom. The molecule has 13 heavy (non-hydrogen) atoms. The fourth-order valence-corrected chi connectivity index (χ4v) is 3.43. The van der Waals surface area contributed by atoms with Gasteiger partial charge in [0.15, 0.2) is 0 Å². The molecule has 0 aliphatic carbocycles. The highest BCUT2D eigenvalue weighted by Gasteiger charge is 2.38. The number of likely N-dealkylation sites (tertiary alicyclic amines) is 2. The van der Waals surface area contributed by atoms with Crippen LogP contribution in [0.25, 0.3) is 0 Å². The summed E-state index contributed by atoms with van der Waals surface area (Å²) in [6.07, 6.45) is 0. The molecular formula is C10H19IN2. The van der Waals surface area contributed by atoms with Gasteiger partial charge in [-0.2, -0.15) is 0 Å². The van der Waals surface area contributed by atoms with Crippen molar-refractivity contribution in [3.8, 4) is 0 Å². The van der Waals surface area contributed by atoms with E-state index >= 15 is 0 Å². The molecule has 0 amide bonds. The van der Waals surface area contributed by atoms with Crippen LogP contribution < -0.4 is 0 Å². The Bertz CT molecular complexity index is 160. The molecule has 0 bridgehead atoms. The van der Waals surface area contributed by atoms with Crippen LogP contribution in [0.2, 0.25) is 0 Å². The summed E-state index contributed by atoms with van der Waals surface area (Å²) < 4.78 is 1.29. The van der Waals surface area contributed by atoms with Crippen LogP contribution in [0.15, 0.2) is 0 Å². The number of hydrogen-bond donors (Lipinski definition) is 0. The molecule has 0 N–H and O–H groups in total.